The van der Waals surface area contributed by atoms with E-state index >= 15 is 0 Å². The predicted molar refractivity (Wildman–Crippen MR) is 134 cm³/mol. The fraction of sp³-hybridized carbons (Fsp3) is 0.733. The highest BCUT2D eigenvalue weighted by Gasteiger charge is 2.63. The summed E-state index contributed by atoms with van der Waals surface area (Å²) in [4.78, 5) is 0. The van der Waals surface area contributed by atoms with Gasteiger partial charge in [0.15, 0.2) is 0 Å². The largest absolute Gasteiger partial charge is 0.508 e. The zero-order valence-corrected chi connectivity index (χ0v) is 21.1. The van der Waals surface area contributed by atoms with Gasteiger partial charge in [-0.3, -0.25) is 0 Å². The lowest BCUT2D eigenvalue weighted by Crippen LogP contribution is -2.71. The van der Waals surface area contributed by atoms with Crippen LogP contribution in [0.2, 0.25) is 0 Å². The van der Waals surface area contributed by atoms with Gasteiger partial charge in [-0.1, -0.05) is 44.6 Å². The topological polar surface area (TPSA) is 55.5 Å². The molecule has 4 bridgehead atoms. The number of rotatable bonds is 3. The van der Waals surface area contributed by atoms with Crippen LogP contribution in [0.1, 0.15) is 83.8 Å². The summed E-state index contributed by atoms with van der Waals surface area (Å²) in [6, 6.07) is 6.00. The van der Waals surface area contributed by atoms with Gasteiger partial charge in [-0.15, -0.1) is 0 Å². The van der Waals surface area contributed by atoms with Gasteiger partial charge in [-0.05, 0) is 99.3 Å². The van der Waals surface area contributed by atoms with Gasteiger partial charge in [0, 0.05) is 18.4 Å². The number of phenolic OH excluding ortho intramolecular Hbond substituents is 1. The zero-order chi connectivity index (χ0) is 23.4. The molecule has 2 saturated heterocycles. The van der Waals surface area contributed by atoms with Crippen LogP contribution in [-0.2, 0) is 17.6 Å². The summed E-state index contributed by atoms with van der Waals surface area (Å²) in [6.45, 7) is 9.23. The molecule has 33 heavy (non-hydrogen) atoms. The van der Waals surface area contributed by atoms with E-state index in [0.717, 1.165) is 31.1 Å². The Bertz CT molecular complexity index is 940. The lowest BCUT2D eigenvalue weighted by atomic mass is 9.53. The highest BCUT2D eigenvalue weighted by molar-refractivity contribution is 5.38. The lowest BCUT2D eigenvalue weighted by Gasteiger charge is -2.64. The molecule has 3 N–H and O–H groups in total. The molecule has 1 aromatic carbocycles. The Hall–Kier alpha value is -1.50. The minimum absolute atomic E-state index is 0.0777. The maximum Gasteiger partial charge on any atom is 0.115 e. The van der Waals surface area contributed by atoms with E-state index in [4.69, 9.17) is 10.5 Å². The van der Waals surface area contributed by atoms with Crippen LogP contribution >= 0.6 is 0 Å². The third-order valence-electron chi connectivity index (χ3n) is 9.55. The van der Waals surface area contributed by atoms with Crippen LogP contribution in [0.25, 0.3) is 0 Å². The van der Waals surface area contributed by atoms with Gasteiger partial charge in [0.05, 0.1) is 17.1 Å². The highest BCUT2D eigenvalue weighted by atomic mass is 16.5. The van der Waals surface area contributed by atoms with Crippen LogP contribution in [0.15, 0.2) is 18.2 Å². The molecule has 2 aliphatic heterocycles. The van der Waals surface area contributed by atoms with Crippen molar-refractivity contribution in [1.29, 1.82) is 0 Å². The van der Waals surface area contributed by atoms with Gasteiger partial charge in [0.2, 0.25) is 0 Å². The zero-order valence-electron chi connectivity index (χ0n) is 21.1. The molecule has 0 radical (unpaired) electrons. The maximum absolute atomic E-state index is 10.2. The standard InChI is InChI=1S/C30H43NO2/c1-19(2)8-9-20-14-21-15-23-10-11-25(32)18-22(23)6-5-7-27-28(31)26-12-13-30(27,24(16-20)17-21)33-29(26,3)4/h10-11,18-21,24,26-28,32H,6,8-9,12-17,31H2,1-4H3/t20-,21+,24-,26+,27-,28+,30-/m1/s1. The molecule has 2 heterocycles. The van der Waals surface area contributed by atoms with Crippen LogP contribution in [0.3, 0.4) is 0 Å². The second kappa shape index (κ2) is 8.62. The number of benzene rings is 1. The fourth-order valence-corrected chi connectivity index (χ4v) is 8.02. The minimum Gasteiger partial charge on any atom is -0.508 e. The van der Waals surface area contributed by atoms with E-state index in [1.165, 1.54) is 43.2 Å². The van der Waals surface area contributed by atoms with Gasteiger partial charge < -0.3 is 15.6 Å². The number of ether oxygens (including phenoxy) is 1. The Morgan fingerprint density at radius 2 is 2.00 bits per heavy atom. The molecule has 1 spiro atoms. The number of hydrogen-bond donors (Lipinski definition) is 2. The van der Waals surface area contributed by atoms with E-state index in [9.17, 15) is 5.11 Å². The predicted octanol–water partition coefficient (Wildman–Crippen LogP) is 5.86. The highest BCUT2D eigenvalue weighted by Crippen LogP contribution is 2.59. The molecule has 5 aliphatic rings. The summed E-state index contributed by atoms with van der Waals surface area (Å²) in [5, 5.41) is 10.2. The van der Waals surface area contributed by atoms with Gasteiger partial charge in [0.25, 0.3) is 0 Å². The van der Waals surface area contributed by atoms with E-state index in [1.807, 2.05) is 12.1 Å². The minimum atomic E-state index is -0.210. The SMILES string of the molecule is CC(C)CC[C@@H]1C[C@H]2Cc3ccc(O)cc3CC#C[C@@H]3[C@@H](N)[C@@H]4CC[C@@]3(OC4(C)C)[C@H](C1)C2. The second-order valence-electron chi connectivity index (χ2n) is 12.6. The lowest BCUT2D eigenvalue weighted by molar-refractivity contribution is -0.287. The van der Waals surface area contributed by atoms with Crippen molar-refractivity contribution in [2.45, 2.75) is 103 Å². The van der Waals surface area contributed by atoms with E-state index in [0.29, 0.717) is 29.9 Å². The van der Waals surface area contributed by atoms with Gasteiger partial charge in [0.1, 0.15) is 5.75 Å². The van der Waals surface area contributed by atoms with Crippen molar-refractivity contribution < 1.29 is 9.84 Å². The van der Waals surface area contributed by atoms with Crippen molar-refractivity contribution in [1.82, 2.24) is 0 Å². The molecule has 6 rings (SSSR count). The van der Waals surface area contributed by atoms with Gasteiger partial charge in [-0.2, -0.15) is 0 Å². The molecule has 7 atom stereocenters. The van der Waals surface area contributed by atoms with Crippen molar-refractivity contribution in [3.05, 3.63) is 29.3 Å². The monoisotopic (exact) mass is 449 g/mol. The molecule has 4 fully saturated rings. The molecular weight excluding hydrogens is 406 g/mol. The van der Waals surface area contributed by atoms with Crippen molar-refractivity contribution in [3.8, 4) is 17.6 Å². The molecular formula is C30H43NO2. The molecule has 180 valence electrons. The molecule has 3 aliphatic carbocycles. The summed E-state index contributed by atoms with van der Waals surface area (Å²) in [5.74, 6) is 10.7. The third kappa shape index (κ3) is 4.23. The first-order valence-corrected chi connectivity index (χ1v) is 13.4. The number of aromatic hydroxyl groups is 1. The smallest absolute Gasteiger partial charge is 0.115 e. The Balaban J connectivity index is 1.57. The van der Waals surface area contributed by atoms with Crippen molar-refractivity contribution >= 4 is 0 Å². The number of fused-ring (bicyclic) bond motifs is 5. The maximum atomic E-state index is 10.2. The molecule has 3 heteroatoms. The second-order valence-corrected chi connectivity index (χ2v) is 12.6. The van der Waals surface area contributed by atoms with Crippen LogP contribution in [-0.4, -0.2) is 22.4 Å². The van der Waals surface area contributed by atoms with E-state index in [1.54, 1.807) is 0 Å². The molecule has 2 saturated carbocycles. The number of phenols is 1. The van der Waals surface area contributed by atoms with Crippen LogP contribution in [0.5, 0.6) is 5.75 Å². The molecule has 0 aromatic heterocycles. The quantitative estimate of drug-likeness (QED) is 0.568. The Labute approximate surface area is 200 Å². The van der Waals surface area contributed by atoms with Crippen LogP contribution in [0, 0.1) is 47.3 Å². The first-order chi connectivity index (χ1) is 15.7. The normalized spacial score (nSPS) is 39.1. The van der Waals surface area contributed by atoms with Crippen molar-refractivity contribution in [3.63, 3.8) is 0 Å². The van der Waals surface area contributed by atoms with Crippen molar-refractivity contribution in [2.75, 3.05) is 0 Å². The summed E-state index contributed by atoms with van der Waals surface area (Å²) >= 11 is 0. The molecule has 3 nitrogen and oxygen atoms in total. The van der Waals surface area contributed by atoms with Crippen molar-refractivity contribution in [2.24, 2.45) is 41.2 Å². The summed E-state index contributed by atoms with van der Waals surface area (Å²) in [6.07, 6.45) is 10.4. The molecule has 0 amide bonds. The molecule has 0 unspecified atom stereocenters. The average molecular weight is 450 g/mol. The summed E-state index contributed by atoms with van der Waals surface area (Å²) in [5.41, 5.74) is 9.17. The average Bonchev–Trinajstić information content (AvgIpc) is 2.76. The van der Waals surface area contributed by atoms with Crippen LogP contribution in [0.4, 0.5) is 0 Å². The third-order valence-corrected chi connectivity index (χ3v) is 9.55. The number of hydrogen-bond acceptors (Lipinski definition) is 3. The fourth-order valence-electron chi connectivity index (χ4n) is 8.02. The first-order valence-electron chi connectivity index (χ1n) is 13.4. The van der Waals surface area contributed by atoms with Gasteiger partial charge >= 0.3 is 0 Å². The molecule has 1 aromatic rings. The number of nitrogens with two attached hydrogens (primary N) is 1. The van der Waals surface area contributed by atoms with E-state index in [-0.39, 0.29) is 23.2 Å². The first kappa shape index (κ1) is 23.3. The Morgan fingerprint density at radius 3 is 2.76 bits per heavy atom. The Morgan fingerprint density at radius 1 is 1.18 bits per heavy atom. The van der Waals surface area contributed by atoms with Crippen LogP contribution < -0.4 is 5.73 Å². The summed E-state index contributed by atoms with van der Waals surface area (Å²) < 4.78 is 7.14. The van der Waals surface area contributed by atoms with E-state index in [2.05, 4.69) is 45.6 Å². The van der Waals surface area contributed by atoms with E-state index < -0.39 is 0 Å². The Kier molecular flexibility index (Phi) is 6.07. The summed E-state index contributed by atoms with van der Waals surface area (Å²) in [7, 11) is 0. The van der Waals surface area contributed by atoms with Gasteiger partial charge in [-0.25, -0.2) is 0 Å².